The van der Waals surface area contributed by atoms with Gasteiger partial charge >= 0.3 is 5.69 Å². The molecule has 0 spiro atoms. The molecular formula is C12H16N4O2. The van der Waals surface area contributed by atoms with Crippen molar-refractivity contribution in [2.75, 3.05) is 0 Å². The lowest BCUT2D eigenvalue weighted by molar-refractivity contribution is 0.565. The second-order valence-electron chi connectivity index (χ2n) is 4.15. The van der Waals surface area contributed by atoms with Crippen LogP contribution in [0.25, 0.3) is 0 Å². The maximum atomic E-state index is 12.0. The van der Waals surface area contributed by atoms with E-state index in [1.807, 2.05) is 20.2 Å². The summed E-state index contributed by atoms with van der Waals surface area (Å²) in [6.07, 6.45) is 5.78. The normalized spacial score (nSPS) is 10.8. The fraction of sp³-hybridized carbons (Fsp3) is 0.417. The second kappa shape index (κ2) is 5.03. The Morgan fingerprint density at radius 3 is 2.72 bits per heavy atom. The van der Waals surface area contributed by atoms with Crippen molar-refractivity contribution in [3.05, 3.63) is 51.1 Å². The lowest BCUT2D eigenvalue weighted by atomic mass is 10.2. The van der Waals surface area contributed by atoms with Crippen LogP contribution >= 0.6 is 0 Å². The van der Waals surface area contributed by atoms with Gasteiger partial charge in [-0.1, -0.05) is 0 Å². The molecule has 0 N–H and O–H groups in total. The molecule has 0 saturated heterocycles. The van der Waals surface area contributed by atoms with Gasteiger partial charge < -0.3 is 4.57 Å². The van der Waals surface area contributed by atoms with E-state index in [1.165, 1.54) is 21.4 Å². The average molecular weight is 248 g/mol. The SMILES string of the molecule is CCn1ccc(=O)n(CCc2cnn(C)c2)c1=O. The minimum absolute atomic E-state index is 0.256. The Labute approximate surface area is 104 Å². The fourth-order valence-corrected chi connectivity index (χ4v) is 1.85. The van der Waals surface area contributed by atoms with Crippen molar-refractivity contribution in [1.82, 2.24) is 18.9 Å². The van der Waals surface area contributed by atoms with Crippen LogP contribution in [0.1, 0.15) is 12.5 Å². The number of aromatic nitrogens is 4. The van der Waals surface area contributed by atoms with Crippen LogP contribution in [-0.2, 0) is 26.6 Å². The molecule has 0 aliphatic heterocycles. The summed E-state index contributed by atoms with van der Waals surface area (Å²) in [5.41, 5.74) is 0.498. The first-order valence-corrected chi connectivity index (χ1v) is 5.89. The monoisotopic (exact) mass is 248 g/mol. The smallest absolute Gasteiger partial charge is 0.301 e. The third-order valence-electron chi connectivity index (χ3n) is 2.86. The first-order chi connectivity index (χ1) is 8.61. The zero-order valence-electron chi connectivity index (χ0n) is 10.5. The van der Waals surface area contributed by atoms with Crippen LogP contribution < -0.4 is 11.2 Å². The molecular weight excluding hydrogens is 232 g/mol. The van der Waals surface area contributed by atoms with Gasteiger partial charge in [0, 0.05) is 38.6 Å². The van der Waals surface area contributed by atoms with E-state index in [4.69, 9.17) is 0 Å². The van der Waals surface area contributed by atoms with Crippen molar-refractivity contribution in [3.63, 3.8) is 0 Å². The third kappa shape index (κ3) is 2.42. The molecule has 0 bridgehead atoms. The molecule has 0 fully saturated rings. The molecule has 2 aromatic heterocycles. The van der Waals surface area contributed by atoms with Gasteiger partial charge in [-0.05, 0) is 18.9 Å². The highest BCUT2D eigenvalue weighted by Crippen LogP contribution is 1.98. The van der Waals surface area contributed by atoms with Gasteiger partial charge in [0.2, 0.25) is 0 Å². The lowest BCUT2D eigenvalue weighted by Crippen LogP contribution is -2.39. The predicted molar refractivity (Wildman–Crippen MR) is 67.5 cm³/mol. The van der Waals surface area contributed by atoms with Crippen molar-refractivity contribution in [2.24, 2.45) is 7.05 Å². The minimum Gasteiger partial charge on any atom is -0.301 e. The van der Waals surface area contributed by atoms with Crippen molar-refractivity contribution >= 4 is 0 Å². The van der Waals surface area contributed by atoms with Gasteiger partial charge in [-0.25, -0.2) is 4.79 Å². The lowest BCUT2D eigenvalue weighted by Gasteiger charge is -2.07. The summed E-state index contributed by atoms with van der Waals surface area (Å²) in [6, 6.07) is 1.42. The number of rotatable bonds is 4. The summed E-state index contributed by atoms with van der Waals surface area (Å²) in [7, 11) is 1.84. The molecule has 0 amide bonds. The van der Waals surface area contributed by atoms with E-state index < -0.39 is 0 Å². The molecule has 6 heteroatoms. The van der Waals surface area contributed by atoms with Gasteiger partial charge in [0.05, 0.1) is 6.20 Å². The summed E-state index contributed by atoms with van der Waals surface area (Å²) in [5, 5.41) is 4.05. The van der Waals surface area contributed by atoms with Crippen LogP contribution in [0.5, 0.6) is 0 Å². The fourth-order valence-electron chi connectivity index (χ4n) is 1.85. The quantitative estimate of drug-likeness (QED) is 0.765. The summed E-state index contributed by atoms with van der Waals surface area (Å²) in [6.45, 7) is 2.81. The Morgan fingerprint density at radius 2 is 2.11 bits per heavy atom. The van der Waals surface area contributed by atoms with Crippen LogP contribution in [0.2, 0.25) is 0 Å². The van der Waals surface area contributed by atoms with E-state index >= 15 is 0 Å². The van der Waals surface area contributed by atoms with Crippen LogP contribution in [-0.4, -0.2) is 18.9 Å². The minimum atomic E-state index is -0.256. The molecule has 2 aromatic rings. The van der Waals surface area contributed by atoms with Gasteiger partial charge in [-0.15, -0.1) is 0 Å². The predicted octanol–water partition coefficient (Wildman–Crippen LogP) is 0.00610. The van der Waals surface area contributed by atoms with Crippen LogP contribution in [0, 0.1) is 0 Å². The summed E-state index contributed by atoms with van der Waals surface area (Å²) in [4.78, 5) is 23.6. The number of aryl methyl sites for hydroxylation is 3. The Morgan fingerprint density at radius 1 is 1.33 bits per heavy atom. The third-order valence-corrected chi connectivity index (χ3v) is 2.86. The molecule has 0 aliphatic rings. The van der Waals surface area contributed by atoms with Crippen molar-refractivity contribution in [2.45, 2.75) is 26.4 Å². The molecule has 2 heterocycles. The molecule has 0 atom stereocenters. The van der Waals surface area contributed by atoms with E-state index in [2.05, 4.69) is 5.10 Å². The molecule has 6 nitrogen and oxygen atoms in total. The molecule has 18 heavy (non-hydrogen) atoms. The number of hydrogen-bond acceptors (Lipinski definition) is 3. The Hall–Kier alpha value is -2.11. The molecule has 0 unspecified atom stereocenters. The van der Waals surface area contributed by atoms with Crippen LogP contribution in [0.4, 0.5) is 0 Å². The molecule has 0 aromatic carbocycles. The largest absolute Gasteiger partial charge is 0.330 e. The summed E-state index contributed by atoms with van der Waals surface area (Å²) < 4.78 is 4.48. The molecule has 0 saturated carbocycles. The van der Waals surface area contributed by atoms with Gasteiger partial charge in [0.15, 0.2) is 0 Å². The highest BCUT2D eigenvalue weighted by Gasteiger charge is 2.05. The van der Waals surface area contributed by atoms with E-state index in [0.29, 0.717) is 19.5 Å². The zero-order valence-corrected chi connectivity index (χ0v) is 10.5. The van der Waals surface area contributed by atoms with Gasteiger partial charge in [0.25, 0.3) is 5.56 Å². The van der Waals surface area contributed by atoms with E-state index in [9.17, 15) is 9.59 Å². The van der Waals surface area contributed by atoms with Gasteiger partial charge in [-0.2, -0.15) is 5.10 Å². The molecule has 2 rings (SSSR count). The van der Waals surface area contributed by atoms with Gasteiger partial charge in [-0.3, -0.25) is 14.0 Å². The van der Waals surface area contributed by atoms with Crippen LogP contribution in [0.3, 0.4) is 0 Å². The summed E-state index contributed by atoms with van der Waals surface area (Å²) in [5.74, 6) is 0. The van der Waals surface area contributed by atoms with Crippen molar-refractivity contribution < 1.29 is 0 Å². The maximum absolute atomic E-state index is 12.0. The first kappa shape index (κ1) is 12.3. The van der Waals surface area contributed by atoms with Gasteiger partial charge in [0.1, 0.15) is 0 Å². The summed E-state index contributed by atoms with van der Waals surface area (Å²) >= 11 is 0. The molecule has 96 valence electrons. The zero-order chi connectivity index (χ0) is 13.1. The van der Waals surface area contributed by atoms with E-state index in [1.54, 1.807) is 10.9 Å². The number of hydrogen-bond donors (Lipinski definition) is 0. The highest BCUT2D eigenvalue weighted by molar-refractivity contribution is 5.03. The van der Waals surface area contributed by atoms with E-state index in [-0.39, 0.29) is 11.2 Å². The Kier molecular flexibility index (Phi) is 3.45. The average Bonchev–Trinajstić information content (AvgIpc) is 2.75. The number of nitrogens with zero attached hydrogens (tertiary/aromatic N) is 4. The van der Waals surface area contributed by atoms with Crippen molar-refractivity contribution in [3.8, 4) is 0 Å². The topological polar surface area (TPSA) is 61.8 Å². The first-order valence-electron chi connectivity index (χ1n) is 5.89. The van der Waals surface area contributed by atoms with E-state index in [0.717, 1.165) is 5.56 Å². The molecule has 0 radical (unpaired) electrons. The van der Waals surface area contributed by atoms with Crippen LogP contribution in [0.15, 0.2) is 34.2 Å². The second-order valence-corrected chi connectivity index (χ2v) is 4.15. The Bertz CT molecular complexity index is 651. The standard InChI is InChI=1S/C12H16N4O2/c1-3-15-6-5-11(17)16(12(15)18)7-4-10-8-13-14(2)9-10/h5-6,8-9H,3-4,7H2,1-2H3. The highest BCUT2D eigenvalue weighted by atomic mass is 16.2. The maximum Gasteiger partial charge on any atom is 0.330 e. The molecule has 0 aliphatic carbocycles. The van der Waals surface area contributed by atoms with Crippen molar-refractivity contribution in [1.29, 1.82) is 0 Å². The Balaban J connectivity index is 2.24.